The van der Waals surface area contributed by atoms with Crippen LogP contribution in [0.1, 0.15) is 31.1 Å². The first kappa shape index (κ1) is 17.3. The number of carbonyl (C=O) groups excluding carboxylic acids is 2. The van der Waals surface area contributed by atoms with Gasteiger partial charge in [0.2, 0.25) is 15.9 Å². The molecule has 21 heavy (non-hydrogen) atoms. The maximum atomic E-state index is 12.0. The number of rotatable bonds is 7. The van der Waals surface area contributed by atoms with E-state index in [2.05, 4.69) is 10.0 Å². The number of Topliss-reactive ketones (excluding diaryl/α,β-unsaturated/α-hetero) is 1. The molecule has 0 bridgehead atoms. The van der Waals surface area contributed by atoms with Crippen LogP contribution >= 0.6 is 0 Å². The molecule has 0 aromatic heterocycles. The van der Waals surface area contributed by atoms with Crippen molar-refractivity contribution >= 4 is 21.7 Å². The topological polar surface area (TPSA) is 92.3 Å². The molecule has 0 saturated heterocycles. The Hall–Kier alpha value is -1.73. The summed E-state index contributed by atoms with van der Waals surface area (Å²) >= 11 is 0. The Labute approximate surface area is 125 Å². The van der Waals surface area contributed by atoms with Crippen LogP contribution in [0.2, 0.25) is 0 Å². The van der Waals surface area contributed by atoms with E-state index in [-0.39, 0.29) is 35.6 Å². The minimum atomic E-state index is -3.63. The Kier molecular flexibility index (Phi) is 6.04. The fraction of sp³-hybridized carbons (Fsp3) is 0.429. The molecule has 2 N–H and O–H groups in total. The van der Waals surface area contributed by atoms with Gasteiger partial charge < -0.3 is 5.32 Å². The second-order valence-corrected chi connectivity index (χ2v) is 6.69. The molecule has 1 aromatic carbocycles. The Morgan fingerprint density at radius 3 is 2.14 bits per heavy atom. The largest absolute Gasteiger partial charge is 0.355 e. The van der Waals surface area contributed by atoms with Crippen LogP contribution in [0.25, 0.3) is 0 Å². The van der Waals surface area contributed by atoms with E-state index in [9.17, 15) is 18.0 Å². The zero-order valence-corrected chi connectivity index (χ0v) is 13.2. The molecule has 1 rings (SSSR count). The van der Waals surface area contributed by atoms with E-state index in [0.717, 1.165) is 0 Å². The van der Waals surface area contributed by atoms with Crippen LogP contribution in [0.4, 0.5) is 0 Å². The van der Waals surface area contributed by atoms with E-state index in [4.69, 9.17) is 0 Å². The van der Waals surface area contributed by atoms with Crippen molar-refractivity contribution in [1.29, 1.82) is 0 Å². The normalized spacial score (nSPS) is 11.4. The maximum Gasteiger partial charge on any atom is 0.240 e. The number of nitrogens with one attached hydrogen (secondary N) is 2. The molecule has 0 radical (unpaired) electrons. The standard InChI is InChI=1S/C14H20N2O4S/c1-10(2)14(18)15-8-9-16-21(19,20)13-6-4-12(5-7-13)11(3)17/h4-7,10,16H,8-9H2,1-3H3,(H,15,18). The second-order valence-electron chi connectivity index (χ2n) is 4.92. The van der Waals surface area contributed by atoms with Gasteiger partial charge in [0.1, 0.15) is 0 Å². The maximum absolute atomic E-state index is 12.0. The molecular formula is C14H20N2O4S. The molecule has 0 aliphatic heterocycles. The smallest absolute Gasteiger partial charge is 0.240 e. The summed E-state index contributed by atoms with van der Waals surface area (Å²) < 4.78 is 26.4. The molecule has 0 unspecified atom stereocenters. The van der Waals surface area contributed by atoms with Gasteiger partial charge in [-0.25, -0.2) is 13.1 Å². The van der Waals surface area contributed by atoms with Gasteiger partial charge in [-0.3, -0.25) is 9.59 Å². The number of hydrogen-bond donors (Lipinski definition) is 2. The third-order valence-electron chi connectivity index (χ3n) is 2.81. The van der Waals surface area contributed by atoms with Crippen molar-refractivity contribution in [3.8, 4) is 0 Å². The molecule has 0 aliphatic rings. The Morgan fingerprint density at radius 2 is 1.67 bits per heavy atom. The van der Waals surface area contributed by atoms with Crippen LogP contribution in [-0.2, 0) is 14.8 Å². The lowest BCUT2D eigenvalue weighted by Gasteiger charge is -2.09. The molecule has 0 fully saturated rings. The highest BCUT2D eigenvalue weighted by atomic mass is 32.2. The van der Waals surface area contributed by atoms with Crippen molar-refractivity contribution in [3.63, 3.8) is 0 Å². The highest BCUT2D eigenvalue weighted by Crippen LogP contribution is 2.10. The molecule has 116 valence electrons. The molecule has 1 amide bonds. The summed E-state index contributed by atoms with van der Waals surface area (Å²) in [7, 11) is -3.63. The van der Waals surface area contributed by atoms with E-state index in [0.29, 0.717) is 5.56 Å². The third-order valence-corrected chi connectivity index (χ3v) is 4.29. The number of hydrogen-bond acceptors (Lipinski definition) is 4. The molecular weight excluding hydrogens is 292 g/mol. The van der Waals surface area contributed by atoms with Crippen molar-refractivity contribution in [1.82, 2.24) is 10.0 Å². The van der Waals surface area contributed by atoms with Gasteiger partial charge in [-0.05, 0) is 19.1 Å². The Bertz CT molecular complexity index is 606. The van der Waals surface area contributed by atoms with Gasteiger partial charge in [0.05, 0.1) is 4.90 Å². The van der Waals surface area contributed by atoms with Crippen molar-refractivity contribution < 1.29 is 18.0 Å². The summed E-state index contributed by atoms with van der Waals surface area (Å²) in [5.41, 5.74) is 0.457. The number of ketones is 1. The van der Waals surface area contributed by atoms with Crippen LogP contribution in [0.3, 0.4) is 0 Å². The first-order chi connectivity index (χ1) is 9.74. The average Bonchev–Trinajstić information content (AvgIpc) is 2.43. The van der Waals surface area contributed by atoms with Crippen LogP contribution < -0.4 is 10.0 Å². The predicted octanol–water partition coefficient (Wildman–Crippen LogP) is 0.940. The molecule has 0 aliphatic carbocycles. The second kappa shape index (κ2) is 7.33. The molecule has 6 nitrogen and oxygen atoms in total. The SMILES string of the molecule is CC(=O)c1ccc(S(=O)(=O)NCCNC(=O)C(C)C)cc1. The highest BCUT2D eigenvalue weighted by Gasteiger charge is 2.14. The highest BCUT2D eigenvalue weighted by molar-refractivity contribution is 7.89. The fourth-order valence-electron chi connectivity index (χ4n) is 1.53. The summed E-state index contributed by atoms with van der Waals surface area (Å²) in [5.74, 6) is -0.385. The Balaban J connectivity index is 2.57. The lowest BCUT2D eigenvalue weighted by molar-refractivity contribution is -0.123. The molecule has 0 heterocycles. The number of amides is 1. The van der Waals surface area contributed by atoms with E-state index >= 15 is 0 Å². The minimum Gasteiger partial charge on any atom is -0.355 e. The average molecular weight is 312 g/mol. The van der Waals surface area contributed by atoms with Crippen LogP contribution in [0.5, 0.6) is 0 Å². The van der Waals surface area contributed by atoms with E-state index in [1.165, 1.54) is 31.2 Å². The quantitative estimate of drug-likeness (QED) is 0.579. The summed E-state index contributed by atoms with van der Waals surface area (Å²) in [6, 6.07) is 5.70. The van der Waals surface area contributed by atoms with Crippen molar-refractivity contribution in [2.75, 3.05) is 13.1 Å². The molecule has 0 atom stereocenters. The number of sulfonamides is 1. The first-order valence-corrected chi connectivity index (χ1v) is 8.10. The summed E-state index contributed by atoms with van der Waals surface area (Å²) in [4.78, 5) is 22.5. The van der Waals surface area contributed by atoms with Crippen LogP contribution in [0, 0.1) is 5.92 Å². The summed E-state index contributed by atoms with van der Waals surface area (Å²) in [6.45, 7) is 5.27. The third kappa shape index (κ3) is 5.28. The summed E-state index contributed by atoms with van der Waals surface area (Å²) in [5, 5.41) is 2.62. The van der Waals surface area contributed by atoms with Gasteiger partial charge in [-0.15, -0.1) is 0 Å². The van der Waals surface area contributed by atoms with Crippen molar-refractivity contribution in [2.24, 2.45) is 5.92 Å². The first-order valence-electron chi connectivity index (χ1n) is 6.62. The zero-order valence-electron chi connectivity index (χ0n) is 12.3. The van der Waals surface area contributed by atoms with Crippen LogP contribution in [-0.4, -0.2) is 33.2 Å². The summed E-state index contributed by atoms with van der Waals surface area (Å²) in [6.07, 6.45) is 0. The van der Waals surface area contributed by atoms with Gasteiger partial charge >= 0.3 is 0 Å². The van der Waals surface area contributed by atoms with Gasteiger partial charge in [-0.2, -0.15) is 0 Å². The van der Waals surface area contributed by atoms with E-state index < -0.39 is 10.0 Å². The predicted molar refractivity (Wildman–Crippen MR) is 79.5 cm³/mol. The molecule has 7 heteroatoms. The van der Waals surface area contributed by atoms with Gasteiger partial charge in [0.15, 0.2) is 5.78 Å². The fourth-order valence-corrected chi connectivity index (χ4v) is 2.56. The van der Waals surface area contributed by atoms with Crippen molar-refractivity contribution in [2.45, 2.75) is 25.7 Å². The zero-order chi connectivity index (χ0) is 16.0. The minimum absolute atomic E-state index is 0.0858. The van der Waals surface area contributed by atoms with Crippen LogP contribution in [0.15, 0.2) is 29.2 Å². The Morgan fingerprint density at radius 1 is 1.10 bits per heavy atom. The van der Waals surface area contributed by atoms with Gasteiger partial charge in [0.25, 0.3) is 0 Å². The molecule has 0 saturated carbocycles. The van der Waals surface area contributed by atoms with E-state index in [1.807, 2.05) is 0 Å². The van der Waals surface area contributed by atoms with E-state index in [1.54, 1.807) is 13.8 Å². The van der Waals surface area contributed by atoms with Gasteiger partial charge in [-0.1, -0.05) is 26.0 Å². The van der Waals surface area contributed by atoms with Crippen molar-refractivity contribution in [3.05, 3.63) is 29.8 Å². The lowest BCUT2D eigenvalue weighted by atomic mass is 10.2. The lowest BCUT2D eigenvalue weighted by Crippen LogP contribution is -2.36. The molecule has 1 aromatic rings. The molecule has 0 spiro atoms. The van der Waals surface area contributed by atoms with Gasteiger partial charge in [0, 0.05) is 24.6 Å². The number of benzene rings is 1. The number of carbonyl (C=O) groups is 2. The monoisotopic (exact) mass is 312 g/mol.